The predicted molar refractivity (Wildman–Crippen MR) is 70.9 cm³/mol. The maximum atomic E-state index is 5.91. The largest absolute Gasteiger partial charge is 0.489 e. The molecule has 0 rings (SSSR count). The molecule has 0 aliphatic rings. The van der Waals surface area contributed by atoms with Crippen molar-refractivity contribution < 1.29 is 25.9 Å². The van der Waals surface area contributed by atoms with Crippen LogP contribution >= 0.6 is 0 Å². The first-order chi connectivity index (χ1) is 7.66. The highest BCUT2D eigenvalue weighted by Gasteiger charge is 2.49. The summed E-state index contributed by atoms with van der Waals surface area (Å²) in [5.74, 6) is 0. The van der Waals surface area contributed by atoms with Gasteiger partial charge in [-0.3, -0.25) is 0 Å². The van der Waals surface area contributed by atoms with Crippen LogP contribution in [0, 0.1) is 0 Å². The normalized spacial score (nSPS) is 16.9. The van der Waals surface area contributed by atoms with Gasteiger partial charge < -0.3 is 25.9 Å². The molecular weight excluding hydrogens is 276 g/mol. The van der Waals surface area contributed by atoms with Crippen molar-refractivity contribution in [2.75, 3.05) is 28.4 Å². The molecule has 0 saturated heterocycles. The first-order valence-corrected chi connectivity index (χ1v) is 12.5. The molecule has 0 spiro atoms. The average Bonchev–Trinajstić information content (AvgIpc) is 2.28. The van der Waals surface area contributed by atoms with Gasteiger partial charge in [-0.1, -0.05) is 0 Å². The lowest BCUT2D eigenvalue weighted by Crippen LogP contribution is -2.58. The second kappa shape index (κ2) is 6.54. The van der Waals surface area contributed by atoms with Gasteiger partial charge in [0.15, 0.2) is 0 Å². The minimum atomic E-state index is -2.81. The van der Waals surface area contributed by atoms with Crippen LogP contribution in [0.5, 0.6) is 0 Å². The van der Waals surface area contributed by atoms with Gasteiger partial charge in [0.25, 0.3) is 0 Å². The Morgan fingerprint density at radius 3 is 1.24 bits per heavy atom. The lowest BCUT2D eigenvalue weighted by atomic mass is 11.8. The van der Waals surface area contributed by atoms with Crippen LogP contribution < -0.4 is 0 Å². The molecule has 0 saturated carbocycles. The summed E-state index contributed by atoms with van der Waals surface area (Å²) in [7, 11) is -1.44. The Morgan fingerprint density at radius 2 is 0.941 bits per heavy atom. The average molecular weight is 301 g/mol. The van der Waals surface area contributed by atoms with Crippen molar-refractivity contribution in [1.82, 2.24) is 0 Å². The molecule has 0 N–H and O–H groups in total. The van der Waals surface area contributed by atoms with E-state index in [0.29, 0.717) is 0 Å². The summed E-state index contributed by atoms with van der Waals surface area (Å²) in [4.78, 5) is 0. The number of hydrogen-bond acceptors (Lipinski definition) is 6. The maximum Gasteiger partial charge on any atom is 0.489 e. The fourth-order valence-corrected chi connectivity index (χ4v) is 9.74. The molecule has 6 nitrogen and oxygen atoms in total. The van der Waals surface area contributed by atoms with Gasteiger partial charge in [0.05, 0.1) is 0 Å². The molecule has 0 aromatic heterocycles. The summed E-state index contributed by atoms with van der Waals surface area (Å²) in [6, 6.07) is 0. The van der Waals surface area contributed by atoms with Gasteiger partial charge in [0.1, 0.15) is 0 Å². The Balaban J connectivity index is 4.79. The fraction of sp³-hybridized carbons (Fsp3) is 1.00. The van der Waals surface area contributed by atoms with Crippen molar-refractivity contribution in [3.8, 4) is 0 Å². The van der Waals surface area contributed by atoms with E-state index >= 15 is 0 Å². The summed E-state index contributed by atoms with van der Waals surface area (Å²) in [6.07, 6.45) is 0. The van der Waals surface area contributed by atoms with E-state index in [1.54, 1.807) is 35.0 Å². The van der Waals surface area contributed by atoms with Crippen molar-refractivity contribution in [2.24, 2.45) is 0 Å². The second-order valence-corrected chi connectivity index (χ2v) is 13.7. The van der Waals surface area contributed by atoms with Crippen LogP contribution in [-0.4, -0.2) is 54.6 Å². The Morgan fingerprint density at radius 1 is 0.529 bits per heavy atom. The van der Waals surface area contributed by atoms with E-state index in [0.717, 1.165) is 0 Å². The SMILES string of the molecule is CO[Si](C)(C)O[Si](C)(OC)O[Si](C)(OC)OC. The molecule has 104 valence electrons. The van der Waals surface area contributed by atoms with Crippen LogP contribution in [0.4, 0.5) is 0 Å². The molecule has 9 heteroatoms. The van der Waals surface area contributed by atoms with E-state index in [1.165, 1.54) is 0 Å². The maximum absolute atomic E-state index is 5.91. The van der Waals surface area contributed by atoms with Crippen molar-refractivity contribution >= 4 is 26.2 Å². The van der Waals surface area contributed by atoms with Gasteiger partial charge in [-0.05, 0) is 13.1 Å². The Bertz CT molecular complexity index is 235. The second-order valence-electron chi connectivity index (χ2n) is 4.15. The van der Waals surface area contributed by atoms with Crippen molar-refractivity contribution in [2.45, 2.75) is 26.2 Å². The number of hydrogen-bond donors (Lipinski definition) is 0. The zero-order valence-electron chi connectivity index (χ0n) is 11.9. The quantitative estimate of drug-likeness (QED) is 0.632. The molecule has 0 aromatic rings. The van der Waals surface area contributed by atoms with Crippen LogP contribution in [-0.2, 0) is 25.9 Å². The smallest absolute Gasteiger partial charge is 0.398 e. The molecule has 0 heterocycles. The van der Waals surface area contributed by atoms with E-state index < -0.39 is 26.2 Å². The third-order valence-electron chi connectivity index (χ3n) is 2.41. The van der Waals surface area contributed by atoms with Crippen molar-refractivity contribution in [1.29, 1.82) is 0 Å². The lowest BCUT2D eigenvalue weighted by Gasteiger charge is -2.36. The molecular formula is C8H24O6Si3. The van der Waals surface area contributed by atoms with Gasteiger partial charge in [0.2, 0.25) is 0 Å². The lowest BCUT2D eigenvalue weighted by molar-refractivity contribution is 0.105. The van der Waals surface area contributed by atoms with E-state index in [1.807, 2.05) is 19.6 Å². The molecule has 0 radical (unpaired) electrons. The van der Waals surface area contributed by atoms with Crippen LogP contribution in [0.3, 0.4) is 0 Å². The summed E-state index contributed by atoms with van der Waals surface area (Å²) in [6.45, 7) is 7.46. The highest BCUT2D eigenvalue weighted by Crippen LogP contribution is 2.21. The van der Waals surface area contributed by atoms with Crippen LogP contribution in [0.15, 0.2) is 0 Å². The van der Waals surface area contributed by atoms with E-state index in [2.05, 4.69) is 0 Å². The standard InChI is InChI=1S/C8H24O6Si3/c1-9-15(5,6)13-17(8,12-4)14-16(7,10-2)11-3/h1-8H3. The highest BCUT2D eigenvalue weighted by atomic mass is 28.5. The molecule has 0 fully saturated rings. The zero-order valence-corrected chi connectivity index (χ0v) is 14.9. The summed E-state index contributed by atoms with van der Waals surface area (Å²) in [5.41, 5.74) is 0. The van der Waals surface area contributed by atoms with Crippen LogP contribution in [0.2, 0.25) is 26.2 Å². The number of rotatable bonds is 8. The van der Waals surface area contributed by atoms with Gasteiger partial charge in [-0.25, -0.2) is 0 Å². The van der Waals surface area contributed by atoms with Gasteiger partial charge >= 0.3 is 26.2 Å². The zero-order chi connectivity index (χ0) is 13.7. The summed E-state index contributed by atoms with van der Waals surface area (Å²) >= 11 is 0. The predicted octanol–water partition coefficient (Wildman–Crippen LogP) is 1.44. The molecule has 0 aliphatic carbocycles. The molecule has 0 aliphatic heterocycles. The van der Waals surface area contributed by atoms with Crippen molar-refractivity contribution in [3.05, 3.63) is 0 Å². The van der Waals surface area contributed by atoms with E-state index in [9.17, 15) is 0 Å². The minimum absolute atomic E-state index is 1.55. The Kier molecular flexibility index (Phi) is 6.70. The van der Waals surface area contributed by atoms with Crippen LogP contribution in [0.1, 0.15) is 0 Å². The molecule has 0 bridgehead atoms. The molecule has 1 atom stereocenters. The summed E-state index contributed by atoms with van der Waals surface area (Å²) < 4.78 is 33.1. The third kappa shape index (κ3) is 5.72. The highest BCUT2D eigenvalue weighted by molar-refractivity contribution is 6.81. The first-order valence-electron chi connectivity index (χ1n) is 5.27. The Hall–Kier alpha value is 0.411. The summed E-state index contributed by atoms with van der Waals surface area (Å²) in [5, 5.41) is 0. The van der Waals surface area contributed by atoms with Gasteiger partial charge in [-0.15, -0.1) is 0 Å². The van der Waals surface area contributed by atoms with Gasteiger partial charge in [0, 0.05) is 41.5 Å². The van der Waals surface area contributed by atoms with Crippen LogP contribution in [0.25, 0.3) is 0 Å². The molecule has 1 unspecified atom stereocenters. The topological polar surface area (TPSA) is 55.4 Å². The minimum Gasteiger partial charge on any atom is -0.398 e. The Labute approximate surface area is 107 Å². The molecule has 0 amide bonds. The monoisotopic (exact) mass is 300 g/mol. The first kappa shape index (κ1) is 17.4. The van der Waals surface area contributed by atoms with Crippen molar-refractivity contribution in [3.63, 3.8) is 0 Å². The molecule has 0 aromatic carbocycles. The molecule has 17 heavy (non-hydrogen) atoms. The van der Waals surface area contributed by atoms with Gasteiger partial charge in [-0.2, -0.15) is 0 Å². The fourth-order valence-electron chi connectivity index (χ4n) is 1.10. The van der Waals surface area contributed by atoms with E-state index in [4.69, 9.17) is 25.9 Å². The van der Waals surface area contributed by atoms with E-state index in [-0.39, 0.29) is 0 Å². The third-order valence-corrected chi connectivity index (χ3v) is 12.0.